The Bertz CT molecular complexity index is 456. The molecule has 2 amide bonds. The fourth-order valence-corrected chi connectivity index (χ4v) is 5.12. The summed E-state index contributed by atoms with van der Waals surface area (Å²) in [6.45, 7) is 8.17. The van der Waals surface area contributed by atoms with E-state index in [1.165, 1.54) is 6.42 Å². The predicted octanol–water partition coefficient (Wildman–Crippen LogP) is 0.451. The van der Waals surface area contributed by atoms with Gasteiger partial charge < -0.3 is 15.5 Å². The standard InChI is InChI=1S/C14H27N3O3S/c1-11-7-12(2)9-17(8-11)5-4-15-14(18)16-13-3-6-21(19,20)10-13/h11-13H,3-10H2,1-2H3,(H2,15,16,18)/t11-,12-,13-/m1/s1. The maximum Gasteiger partial charge on any atom is 0.315 e. The molecule has 2 aliphatic heterocycles. The van der Waals surface area contributed by atoms with Gasteiger partial charge in [-0.3, -0.25) is 0 Å². The third-order valence-corrected chi connectivity index (χ3v) is 5.99. The molecule has 2 fully saturated rings. The summed E-state index contributed by atoms with van der Waals surface area (Å²) in [5.41, 5.74) is 0. The number of carbonyl (C=O) groups is 1. The first-order valence-electron chi connectivity index (χ1n) is 7.81. The number of rotatable bonds is 4. The van der Waals surface area contributed by atoms with E-state index in [0.29, 0.717) is 24.8 Å². The second-order valence-electron chi connectivity index (χ2n) is 6.71. The van der Waals surface area contributed by atoms with Crippen LogP contribution in [0.3, 0.4) is 0 Å². The van der Waals surface area contributed by atoms with E-state index in [1.807, 2.05) is 0 Å². The molecule has 0 aliphatic carbocycles. The highest BCUT2D eigenvalue weighted by molar-refractivity contribution is 7.91. The fraction of sp³-hybridized carbons (Fsp3) is 0.929. The number of piperidine rings is 1. The molecule has 0 spiro atoms. The number of hydrogen-bond donors (Lipinski definition) is 2. The van der Waals surface area contributed by atoms with Crippen molar-refractivity contribution in [3.05, 3.63) is 0 Å². The smallest absolute Gasteiger partial charge is 0.315 e. The van der Waals surface area contributed by atoms with Crippen LogP contribution in [0.4, 0.5) is 4.79 Å². The van der Waals surface area contributed by atoms with E-state index in [2.05, 4.69) is 29.4 Å². The van der Waals surface area contributed by atoms with Crippen molar-refractivity contribution in [2.45, 2.75) is 32.7 Å². The van der Waals surface area contributed by atoms with Crippen molar-refractivity contribution in [2.24, 2.45) is 11.8 Å². The second-order valence-corrected chi connectivity index (χ2v) is 8.93. The van der Waals surface area contributed by atoms with Crippen LogP contribution in [0.5, 0.6) is 0 Å². The normalized spacial score (nSPS) is 32.8. The molecule has 0 saturated carbocycles. The van der Waals surface area contributed by atoms with Crippen LogP contribution < -0.4 is 10.6 Å². The third kappa shape index (κ3) is 5.47. The molecule has 2 saturated heterocycles. The molecule has 0 aromatic heterocycles. The van der Waals surface area contributed by atoms with Crippen molar-refractivity contribution in [3.8, 4) is 0 Å². The quantitative estimate of drug-likeness (QED) is 0.789. The molecule has 0 aromatic carbocycles. The van der Waals surface area contributed by atoms with Crippen molar-refractivity contribution in [1.82, 2.24) is 15.5 Å². The van der Waals surface area contributed by atoms with Gasteiger partial charge in [0.05, 0.1) is 11.5 Å². The summed E-state index contributed by atoms with van der Waals surface area (Å²) in [6, 6.07) is -0.486. The number of amides is 2. The molecule has 0 unspecified atom stereocenters. The fourth-order valence-electron chi connectivity index (χ4n) is 3.45. The monoisotopic (exact) mass is 317 g/mol. The summed E-state index contributed by atoms with van der Waals surface area (Å²) in [7, 11) is -2.94. The predicted molar refractivity (Wildman–Crippen MR) is 83.0 cm³/mol. The zero-order valence-corrected chi connectivity index (χ0v) is 13.8. The first-order valence-corrected chi connectivity index (χ1v) is 9.63. The van der Waals surface area contributed by atoms with Crippen molar-refractivity contribution >= 4 is 15.9 Å². The molecule has 0 radical (unpaired) electrons. The number of carbonyl (C=O) groups excluding carboxylic acids is 1. The van der Waals surface area contributed by atoms with E-state index in [1.54, 1.807) is 0 Å². The van der Waals surface area contributed by atoms with Gasteiger partial charge in [0.15, 0.2) is 9.84 Å². The van der Waals surface area contributed by atoms with Crippen LogP contribution in [0.1, 0.15) is 26.7 Å². The van der Waals surface area contributed by atoms with E-state index >= 15 is 0 Å². The first kappa shape index (κ1) is 16.5. The Balaban J connectivity index is 1.63. The number of sulfone groups is 1. The zero-order chi connectivity index (χ0) is 15.5. The minimum atomic E-state index is -2.94. The zero-order valence-electron chi connectivity index (χ0n) is 13.0. The van der Waals surface area contributed by atoms with Crippen molar-refractivity contribution in [3.63, 3.8) is 0 Å². The number of nitrogens with zero attached hydrogens (tertiary/aromatic N) is 1. The molecule has 2 heterocycles. The lowest BCUT2D eigenvalue weighted by molar-refractivity contribution is 0.142. The summed E-state index contributed by atoms with van der Waals surface area (Å²) in [5, 5.41) is 5.57. The van der Waals surface area contributed by atoms with Crippen molar-refractivity contribution < 1.29 is 13.2 Å². The van der Waals surface area contributed by atoms with Crippen LogP contribution in [0.2, 0.25) is 0 Å². The molecule has 0 aromatic rings. The highest BCUT2D eigenvalue weighted by Gasteiger charge is 2.28. The Morgan fingerprint density at radius 3 is 2.48 bits per heavy atom. The van der Waals surface area contributed by atoms with Crippen LogP contribution in [0, 0.1) is 11.8 Å². The topological polar surface area (TPSA) is 78.5 Å². The molecule has 0 bridgehead atoms. The largest absolute Gasteiger partial charge is 0.337 e. The van der Waals surface area contributed by atoms with Gasteiger partial charge in [0, 0.05) is 32.2 Å². The van der Waals surface area contributed by atoms with Gasteiger partial charge in [-0.25, -0.2) is 13.2 Å². The molecule has 2 rings (SSSR count). The van der Waals surface area contributed by atoms with Crippen LogP contribution in [0.25, 0.3) is 0 Å². The molecule has 2 aliphatic rings. The average Bonchev–Trinajstić information content (AvgIpc) is 2.67. The van der Waals surface area contributed by atoms with Gasteiger partial charge in [-0.2, -0.15) is 0 Å². The summed E-state index contributed by atoms with van der Waals surface area (Å²) >= 11 is 0. The molecule has 21 heavy (non-hydrogen) atoms. The lowest BCUT2D eigenvalue weighted by Gasteiger charge is -2.34. The van der Waals surface area contributed by atoms with E-state index in [0.717, 1.165) is 19.6 Å². The Morgan fingerprint density at radius 2 is 1.90 bits per heavy atom. The highest BCUT2D eigenvalue weighted by atomic mass is 32.2. The number of nitrogens with one attached hydrogen (secondary N) is 2. The highest BCUT2D eigenvalue weighted by Crippen LogP contribution is 2.20. The Kier molecular flexibility index (Phi) is 5.48. The SMILES string of the molecule is C[C@@H]1C[C@@H](C)CN(CCNC(=O)N[C@@H]2CCS(=O)(=O)C2)C1. The van der Waals surface area contributed by atoms with Crippen LogP contribution >= 0.6 is 0 Å². The van der Waals surface area contributed by atoms with Gasteiger partial charge in [0.1, 0.15) is 0 Å². The summed E-state index contributed by atoms with van der Waals surface area (Å²) in [6.07, 6.45) is 1.80. The Hall–Kier alpha value is -0.820. The molecule has 2 N–H and O–H groups in total. The number of likely N-dealkylation sites (tertiary alicyclic amines) is 1. The van der Waals surface area contributed by atoms with Crippen LogP contribution in [-0.2, 0) is 9.84 Å². The average molecular weight is 317 g/mol. The van der Waals surface area contributed by atoms with E-state index in [9.17, 15) is 13.2 Å². The van der Waals surface area contributed by atoms with Crippen LogP contribution in [-0.4, -0.2) is 63.1 Å². The first-order chi connectivity index (χ1) is 9.84. The molecular formula is C14H27N3O3S. The maximum absolute atomic E-state index is 11.7. The molecule has 122 valence electrons. The maximum atomic E-state index is 11.7. The van der Waals surface area contributed by atoms with Gasteiger partial charge in [-0.1, -0.05) is 13.8 Å². The van der Waals surface area contributed by atoms with Gasteiger partial charge in [-0.15, -0.1) is 0 Å². The van der Waals surface area contributed by atoms with E-state index < -0.39 is 9.84 Å². The molecule has 7 heteroatoms. The number of urea groups is 1. The summed E-state index contributed by atoms with van der Waals surface area (Å²) < 4.78 is 22.7. The lowest BCUT2D eigenvalue weighted by Crippen LogP contribution is -2.47. The minimum Gasteiger partial charge on any atom is -0.337 e. The summed E-state index contributed by atoms with van der Waals surface area (Å²) in [5.74, 6) is 1.68. The van der Waals surface area contributed by atoms with Gasteiger partial charge >= 0.3 is 6.03 Å². The molecule has 3 atom stereocenters. The Labute approximate surface area is 127 Å². The number of hydrogen-bond acceptors (Lipinski definition) is 4. The second kappa shape index (κ2) is 6.96. The van der Waals surface area contributed by atoms with Crippen LogP contribution in [0.15, 0.2) is 0 Å². The molecular weight excluding hydrogens is 290 g/mol. The van der Waals surface area contributed by atoms with Gasteiger partial charge in [0.2, 0.25) is 0 Å². The van der Waals surface area contributed by atoms with Gasteiger partial charge in [-0.05, 0) is 24.7 Å². The van der Waals surface area contributed by atoms with E-state index in [-0.39, 0.29) is 23.6 Å². The summed E-state index contributed by atoms with van der Waals surface area (Å²) in [4.78, 5) is 14.1. The Morgan fingerprint density at radius 1 is 1.24 bits per heavy atom. The van der Waals surface area contributed by atoms with Gasteiger partial charge in [0.25, 0.3) is 0 Å². The minimum absolute atomic E-state index is 0.0710. The van der Waals surface area contributed by atoms with Crippen molar-refractivity contribution in [2.75, 3.05) is 37.7 Å². The molecule has 6 nitrogen and oxygen atoms in total. The van der Waals surface area contributed by atoms with E-state index in [4.69, 9.17) is 0 Å². The third-order valence-electron chi connectivity index (χ3n) is 4.23. The van der Waals surface area contributed by atoms with Crippen molar-refractivity contribution in [1.29, 1.82) is 0 Å². The lowest BCUT2D eigenvalue weighted by atomic mass is 9.92.